The molecule has 1 aliphatic heterocycles. The summed E-state index contributed by atoms with van der Waals surface area (Å²) in [5.41, 5.74) is 0. The lowest BCUT2D eigenvalue weighted by molar-refractivity contribution is 0.270. The van der Waals surface area contributed by atoms with Crippen molar-refractivity contribution in [3.63, 3.8) is 0 Å². The van der Waals surface area contributed by atoms with Crippen molar-refractivity contribution in [2.24, 2.45) is 5.92 Å². The summed E-state index contributed by atoms with van der Waals surface area (Å²) < 4.78 is 10.5. The molecule has 0 radical (unpaired) electrons. The topological polar surface area (TPSA) is 21.8 Å². The number of rotatable bonds is 2. The first-order valence-corrected chi connectivity index (χ1v) is 4.67. The monoisotopic (exact) mass is 254 g/mol. The zero-order valence-electron chi connectivity index (χ0n) is 5.75. The van der Waals surface area contributed by atoms with Crippen molar-refractivity contribution >= 4 is 23.0 Å². The van der Waals surface area contributed by atoms with Crippen LogP contribution in [0.15, 0.2) is 0 Å². The maximum absolute atomic E-state index is 5.40. The van der Waals surface area contributed by atoms with Crippen LogP contribution in [0.25, 0.3) is 0 Å². The molecule has 0 aromatic carbocycles. The number of epoxide rings is 1. The second-order valence-electron chi connectivity index (χ2n) is 3.17. The Balaban J connectivity index is 1.77. The Morgan fingerprint density at radius 3 is 3.00 bits per heavy atom. The lowest BCUT2D eigenvalue weighted by Gasteiger charge is -2.16. The van der Waals surface area contributed by atoms with Crippen LogP contribution in [0.2, 0.25) is 0 Å². The average Bonchev–Trinajstić information content (AvgIpc) is 2.66. The molecule has 58 valence electrons. The predicted molar refractivity (Wildman–Crippen MR) is 46.0 cm³/mol. The maximum Gasteiger partial charge on any atom is 0.109 e. The summed E-state index contributed by atoms with van der Waals surface area (Å²) in [4.78, 5) is 0. The quantitative estimate of drug-likeness (QED) is 0.554. The van der Waals surface area contributed by atoms with Gasteiger partial charge in [-0.3, -0.25) is 0 Å². The molecule has 1 saturated carbocycles. The van der Waals surface area contributed by atoms with E-state index in [-0.39, 0.29) is 0 Å². The Morgan fingerprint density at radius 1 is 1.40 bits per heavy atom. The number of ether oxygens (including phenoxy) is 1. The van der Waals surface area contributed by atoms with Gasteiger partial charge >= 0.3 is 0 Å². The van der Waals surface area contributed by atoms with Crippen LogP contribution in [0.5, 0.6) is 0 Å². The van der Waals surface area contributed by atoms with Crippen molar-refractivity contribution in [2.45, 2.75) is 31.5 Å². The normalized spacial score (nSPS) is 44.7. The highest BCUT2D eigenvalue weighted by Gasteiger charge is 2.43. The van der Waals surface area contributed by atoms with Crippen molar-refractivity contribution in [2.75, 3.05) is 6.61 Å². The molecule has 1 saturated heterocycles. The fourth-order valence-electron chi connectivity index (χ4n) is 1.73. The smallest absolute Gasteiger partial charge is 0.109 e. The first-order valence-electron chi connectivity index (χ1n) is 3.79. The Kier molecular flexibility index (Phi) is 2.15. The molecule has 2 rings (SSSR count). The Labute approximate surface area is 75.0 Å². The van der Waals surface area contributed by atoms with Gasteiger partial charge in [0.15, 0.2) is 0 Å². The van der Waals surface area contributed by atoms with E-state index in [9.17, 15) is 0 Å². The molecule has 0 bridgehead atoms. The van der Waals surface area contributed by atoms with Gasteiger partial charge in [-0.2, -0.15) is 0 Å². The first-order chi connectivity index (χ1) is 4.90. The minimum absolute atomic E-state index is 0.602. The van der Waals surface area contributed by atoms with Gasteiger partial charge in [-0.25, -0.2) is 0 Å². The van der Waals surface area contributed by atoms with Crippen molar-refractivity contribution in [3.8, 4) is 0 Å². The van der Waals surface area contributed by atoms with Crippen molar-refractivity contribution < 1.29 is 7.80 Å². The molecule has 1 aliphatic carbocycles. The average molecular weight is 254 g/mol. The van der Waals surface area contributed by atoms with Crippen LogP contribution in [0.1, 0.15) is 19.3 Å². The number of fused-ring (bicyclic) bond motifs is 1. The van der Waals surface area contributed by atoms with E-state index in [2.05, 4.69) is 0 Å². The molecule has 3 heteroatoms. The predicted octanol–water partition coefficient (Wildman–Crippen LogP) is 1.92. The minimum Gasteiger partial charge on any atom is -0.370 e. The Morgan fingerprint density at radius 2 is 2.30 bits per heavy atom. The molecule has 2 nitrogen and oxygen atoms in total. The SMILES string of the molecule is IOCC1CCC2OC2C1. The van der Waals surface area contributed by atoms with Crippen molar-refractivity contribution in [1.29, 1.82) is 0 Å². The van der Waals surface area contributed by atoms with Crippen LogP contribution in [0.3, 0.4) is 0 Å². The number of halogens is 1. The third-order valence-electron chi connectivity index (χ3n) is 2.41. The maximum atomic E-state index is 5.40. The molecule has 2 fully saturated rings. The summed E-state index contributed by atoms with van der Waals surface area (Å²) in [6.07, 6.45) is 5.02. The molecular weight excluding hydrogens is 243 g/mol. The molecule has 1 heterocycles. The molecule has 0 spiro atoms. The summed E-state index contributed by atoms with van der Waals surface area (Å²) >= 11 is 1.97. The van der Waals surface area contributed by atoms with Crippen LogP contribution in [0.4, 0.5) is 0 Å². The van der Waals surface area contributed by atoms with E-state index in [4.69, 9.17) is 7.80 Å². The minimum atomic E-state index is 0.602. The summed E-state index contributed by atoms with van der Waals surface area (Å²) in [5.74, 6) is 0.764. The van der Waals surface area contributed by atoms with E-state index >= 15 is 0 Å². The molecule has 3 unspecified atom stereocenters. The van der Waals surface area contributed by atoms with Gasteiger partial charge in [0, 0.05) is 0 Å². The molecule has 0 N–H and O–H groups in total. The molecular formula is C7H11IO2. The van der Waals surface area contributed by atoms with Gasteiger partial charge in [0.25, 0.3) is 0 Å². The fourth-order valence-corrected chi connectivity index (χ4v) is 2.24. The first kappa shape index (κ1) is 7.31. The highest BCUT2D eigenvalue weighted by molar-refractivity contribution is 14.1. The van der Waals surface area contributed by atoms with Gasteiger partial charge in [0.1, 0.15) is 23.0 Å². The second-order valence-corrected chi connectivity index (χ2v) is 3.79. The van der Waals surface area contributed by atoms with Crippen LogP contribution in [-0.2, 0) is 7.80 Å². The van der Waals surface area contributed by atoms with Crippen molar-refractivity contribution in [1.82, 2.24) is 0 Å². The van der Waals surface area contributed by atoms with E-state index in [0.29, 0.717) is 12.2 Å². The molecule has 10 heavy (non-hydrogen) atoms. The largest absolute Gasteiger partial charge is 0.370 e. The highest BCUT2D eigenvalue weighted by atomic mass is 127. The molecule has 2 aliphatic rings. The van der Waals surface area contributed by atoms with E-state index in [1.165, 1.54) is 19.3 Å². The summed E-state index contributed by atoms with van der Waals surface area (Å²) in [5, 5.41) is 0. The van der Waals surface area contributed by atoms with Gasteiger partial charge in [-0.15, -0.1) is 0 Å². The third kappa shape index (κ3) is 1.46. The van der Waals surface area contributed by atoms with E-state index in [0.717, 1.165) is 12.5 Å². The van der Waals surface area contributed by atoms with Gasteiger partial charge < -0.3 is 7.80 Å². The second kappa shape index (κ2) is 2.95. The van der Waals surface area contributed by atoms with E-state index in [1.54, 1.807) is 0 Å². The molecule has 0 aromatic heterocycles. The summed E-state index contributed by atoms with van der Waals surface area (Å²) in [6.45, 7) is 0.910. The Hall–Kier alpha value is 0.650. The third-order valence-corrected chi connectivity index (χ3v) is 2.77. The van der Waals surface area contributed by atoms with Crippen molar-refractivity contribution in [3.05, 3.63) is 0 Å². The zero-order valence-corrected chi connectivity index (χ0v) is 7.91. The lowest BCUT2D eigenvalue weighted by Crippen LogP contribution is -2.16. The highest BCUT2D eigenvalue weighted by Crippen LogP contribution is 2.39. The zero-order chi connectivity index (χ0) is 6.97. The van der Waals surface area contributed by atoms with Gasteiger partial charge in [0.05, 0.1) is 18.8 Å². The van der Waals surface area contributed by atoms with Crippen LogP contribution in [0, 0.1) is 5.92 Å². The Bertz CT molecular complexity index is 129. The number of hydrogen-bond donors (Lipinski definition) is 0. The fraction of sp³-hybridized carbons (Fsp3) is 1.00. The molecule has 0 aromatic rings. The lowest BCUT2D eigenvalue weighted by atomic mass is 9.90. The van der Waals surface area contributed by atoms with Gasteiger partial charge in [-0.1, -0.05) is 0 Å². The van der Waals surface area contributed by atoms with Crippen LogP contribution >= 0.6 is 23.0 Å². The molecule has 0 amide bonds. The standard InChI is InChI=1S/C7H11IO2/c8-9-4-5-1-2-6-7(3-5)10-6/h5-7H,1-4H2. The summed E-state index contributed by atoms with van der Waals surface area (Å²) in [7, 11) is 0. The van der Waals surface area contributed by atoms with Crippen LogP contribution < -0.4 is 0 Å². The van der Waals surface area contributed by atoms with E-state index < -0.39 is 0 Å². The van der Waals surface area contributed by atoms with Gasteiger partial charge in [-0.05, 0) is 25.2 Å². The number of hydrogen-bond acceptors (Lipinski definition) is 2. The summed E-state index contributed by atoms with van der Waals surface area (Å²) in [6, 6.07) is 0. The van der Waals surface area contributed by atoms with Gasteiger partial charge in [0.2, 0.25) is 0 Å². The van der Waals surface area contributed by atoms with Crippen LogP contribution in [-0.4, -0.2) is 18.8 Å². The molecule has 3 atom stereocenters. The van der Waals surface area contributed by atoms with E-state index in [1.807, 2.05) is 23.0 Å².